The van der Waals surface area contributed by atoms with Crippen LogP contribution in [0.3, 0.4) is 0 Å². The van der Waals surface area contributed by atoms with Crippen molar-refractivity contribution in [2.45, 2.75) is 33.2 Å². The highest BCUT2D eigenvalue weighted by atomic mass is 35.5. The Morgan fingerprint density at radius 3 is 2.63 bits per heavy atom. The molecule has 106 valence electrons. The van der Waals surface area contributed by atoms with E-state index < -0.39 is 6.04 Å². The molecule has 1 rings (SSSR count). The largest absolute Gasteiger partial charge is 0.464 e. The summed E-state index contributed by atoms with van der Waals surface area (Å²) >= 11 is 5.79. The van der Waals surface area contributed by atoms with Gasteiger partial charge in [0.1, 0.15) is 6.04 Å². The van der Waals surface area contributed by atoms with E-state index in [4.69, 9.17) is 16.3 Å². The molecular formula is C11H18ClN5O2. The lowest BCUT2D eigenvalue weighted by Crippen LogP contribution is -2.29. The van der Waals surface area contributed by atoms with Crippen LogP contribution in [0.5, 0.6) is 0 Å². The first-order valence-electron chi connectivity index (χ1n) is 6.15. The third-order valence-corrected chi connectivity index (χ3v) is 2.30. The van der Waals surface area contributed by atoms with Crippen molar-refractivity contribution in [3.63, 3.8) is 0 Å². The summed E-state index contributed by atoms with van der Waals surface area (Å²) in [6, 6.07) is -0.558. The minimum absolute atomic E-state index is 0.0622. The first-order valence-corrected chi connectivity index (χ1v) is 6.53. The van der Waals surface area contributed by atoms with E-state index in [-0.39, 0.29) is 17.2 Å². The molecule has 0 fully saturated rings. The van der Waals surface area contributed by atoms with Gasteiger partial charge in [0.25, 0.3) is 0 Å². The van der Waals surface area contributed by atoms with Gasteiger partial charge in [0.15, 0.2) is 0 Å². The van der Waals surface area contributed by atoms with Crippen LogP contribution in [0.1, 0.15) is 27.2 Å². The number of esters is 1. The summed E-state index contributed by atoms with van der Waals surface area (Å²) < 4.78 is 4.88. The molecule has 8 heteroatoms. The van der Waals surface area contributed by atoms with Gasteiger partial charge < -0.3 is 15.4 Å². The zero-order valence-electron chi connectivity index (χ0n) is 11.2. The topological polar surface area (TPSA) is 89.0 Å². The van der Waals surface area contributed by atoms with E-state index >= 15 is 0 Å². The Balaban J connectivity index is 2.71. The Bertz CT molecular complexity index is 430. The lowest BCUT2D eigenvalue weighted by molar-refractivity contribution is -0.143. The average molecular weight is 288 g/mol. The molecule has 1 heterocycles. The monoisotopic (exact) mass is 287 g/mol. The quantitative estimate of drug-likeness (QED) is 0.738. The molecule has 0 aliphatic heterocycles. The van der Waals surface area contributed by atoms with Crippen LogP contribution in [0.15, 0.2) is 0 Å². The number of aromatic nitrogens is 3. The maximum absolute atomic E-state index is 11.5. The molecule has 0 aromatic carbocycles. The van der Waals surface area contributed by atoms with Crippen molar-refractivity contribution in [2.24, 2.45) is 0 Å². The molecule has 7 nitrogen and oxygen atoms in total. The van der Waals surface area contributed by atoms with Gasteiger partial charge in [-0.1, -0.05) is 6.92 Å². The van der Waals surface area contributed by atoms with Crippen LogP contribution < -0.4 is 10.6 Å². The Labute approximate surface area is 117 Å². The summed E-state index contributed by atoms with van der Waals surface area (Å²) in [7, 11) is 0. The molecule has 1 aromatic rings. The number of rotatable bonds is 7. The highest BCUT2D eigenvalue weighted by Crippen LogP contribution is 2.10. The number of halogens is 1. The molecular weight excluding hydrogens is 270 g/mol. The summed E-state index contributed by atoms with van der Waals surface area (Å²) in [5.74, 6) is 0.238. The molecule has 0 aliphatic rings. The van der Waals surface area contributed by atoms with Gasteiger partial charge in [0.05, 0.1) is 6.61 Å². The minimum atomic E-state index is -0.558. The van der Waals surface area contributed by atoms with Gasteiger partial charge in [-0.05, 0) is 31.9 Å². The van der Waals surface area contributed by atoms with Gasteiger partial charge >= 0.3 is 5.97 Å². The maximum Gasteiger partial charge on any atom is 0.328 e. The number of carbonyl (C=O) groups excluding carboxylic acids is 1. The molecule has 1 aromatic heterocycles. The second-order valence-electron chi connectivity index (χ2n) is 3.80. The summed E-state index contributed by atoms with van der Waals surface area (Å²) in [5, 5.41) is 5.89. The van der Waals surface area contributed by atoms with E-state index in [9.17, 15) is 4.79 Å². The average Bonchev–Trinajstić information content (AvgIpc) is 2.36. The van der Waals surface area contributed by atoms with Crippen LogP contribution in [0.2, 0.25) is 5.28 Å². The van der Waals surface area contributed by atoms with Crippen molar-refractivity contribution in [1.82, 2.24) is 15.0 Å². The van der Waals surface area contributed by atoms with Crippen LogP contribution in [-0.4, -0.2) is 40.1 Å². The van der Waals surface area contributed by atoms with Crippen LogP contribution in [0.4, 0.5) is 11.9 Å². The Morgan fingerprint density at radius 1 is 1.32 bits per heavy atom. The fraction of sp³-hybridized carbons (Fsp3) is 0.636. The van der Waals surface area contributed by atoms with Crippen molar-refractivity contribution in [3.05, 3.63) is 5.28 Å². The van der Waals surface area contributed by atoms with Crippen molar-refractivity contribution >= 4 is 29.5 Å². The van der Waals surface area contributed by atoms with Gasteiger partial charge in [-0.15, -0.1) is 0 Å². The van der Waals surface area contributed by atoms with Gasteiger partial charge in [0.2, 0.25) is 17.2 Å². The summed E-state index contributed by atoms with van der Waals surface area (Å²) in [6.45, 7) is 6.49. The number of hydrogen-bond donors (Lipinski definition) is 2. The fourth-order valence-corrected chi connectivity index (χ4v) is 1.41. The number of nitrogens with one attached hydrogen (secondary N) is 2. The van der Waals surface area contributed by atoms with Gasteiger partial charge in [0, 0.05) is 6.54 Å². The van der Waals surface area contributed by atoms with E-state index in [1.807, 2.05) is 6.92 Å². The first kappa shape index (κ1) is 15.4. The molecule has 2 N–H and O–H groups in total. The molecule has 1 atom stereocenters. The highest BCUT2D eigenvalue weighted by molar-refractivity contribution is 6.28. The van der Waals surface area contributed by atoms with Gasteiger partial charge in [-0.2, -0.15) is 15.0 Å². The fourth-order valence-electron chi connectivity index (χ4n) is 1.25. The molecule has 1 unspecified atom stereocenters. The normalized spacial score (nSPS) is 11.8. The molecule has 0 spiro atoms. The van der Waals surface area contributed by atoms with E-state index in [1.165, 1.54) is 0 Å². The maximum atomic E-state index is 11.5. The third-order valence-electron chi connectivity index (χ3n) is 2.13. The van der Waals surface area contributed by atoms with Crippen LogP contribution in [0.25, 0.3) is 0 Å². The van der Waals surface area contributed by atoms with Gasteiger partial charge in [-0.25, -0.2) is 4.79 Å². The number of carbonyl (C=O) groups is 1. The Hall–Kier alpha value is -1.63. The molecule has 0 saturated carbocycles. The summed E-state index contributed by atoms with van der Waals surface area (Å²) in [6.07, 6.45) is 0.936. The van der Waals surface area contributed by atoms with Crippen molar-refractivity contribution in [1.29, 1.82) is 0 Å². The number of ether oxygens (including phenoxy) is 1. The van der Waals surface area contributed by atoms with Crippen molar-refractivity contribution in [2.75, 3.05) is 23.8 Å². The van der Waals surface area contributed by atoms with E-state index in [1.54, 1.807) is 13.8 Å². The van der Waals surface area contributed by atoms with Gasteiger partial charge in [-0.3, -0.25) is 0 Å². The smallest absolute Gasteiger partial charge is 0.328 e. The van der Waals surface area contributed by atoms with E-state index in [2.05, 4.69) is 25.6 Å². The second-order valence-corrected chi connectivity index (χ2v) is 4.13. The number of anilines is 2. The number of nitrogens with zero attached hydrogens (tertiary/aromatic N) is 3. The van der Waals surface area contributed by atoms with Crippen LogP contribution >= 0.6 is 11.6 Å². The lowest BCUT2D eigenvalue weighted by Gasteiger charge is -2.13. The summed E-state index contributed by atoms with van der Waals surface area (Å²) in [5.41, 5.74) is 0. The van der Waals surface area contributed by atoms with Crippen LogP contribution in [-0.2, 0) is 9.53 Å². The van der Waals surface area contributed by atoms with E-state index in [0.29, 0.717) is 12.6 Å². The lowest BCUT2D eigenvalue weighted by atomic mass is 10.3. The number of hydrogen-bond acceptors (Lipinski definition) is 7. The highest BCUT2D eigenvalue weighted by Gasteiger charge is 2.15. The molecule has 0 saturated heterocycles. The molecule has 0 radical (unpaired) electrons. The molecule has 0 amide bonds. The SMILES string of the molecule is CCCNc1nc(Cl)nc(NC(C)C(=O)OCC)n1. The third kappa shape index (κ3) is 5.25. The summed E-state index contributed by atoms with van der Waals surface area (Å²) in [4.78, 5) is 23.4. The van der Waals surface area contributed by atoms with Crippen molar-refractivity contribution in [3.8, 4) is 0 Å². The minimum Gasteiger partial charge on any atom is -0.464 e. The standard InChI is InChI=1S/C11H18ClN5O2/c1-4-6-13-10-15-9(12)16-11(17-10)14-7(3)8(18)19-5-2/h7H,4-6H2,1-3H3,(H2,13,14,15,16,17). The van der Waals surface area contributed by atoms with Crippen molar-refractivity contribution < 1.29 is 9.53 Å². The first-order chi connectivity index (χ1) is 9.06. The zero-order valence-corrected chi connectivity index (χ0v) is 12.0. The van der Waals surface area contributed by atoms with Crippen LogP contribution in [0, 0.1) is 0 Å². The molecule has 0 bridgehead atoms. The second kappa shape index (κ2) is 7.73. The Morgan fingerprint density at radius 2 is 2.00 bits per heavy atom. The predicted octanol–water partition coefficient (Wildman–Crippen LogP) is 1.71. The predicted molar refractivity (Wildman–Crippen MR) is 73.3 cm³/mol. The molecule has 0 aliphatic carbocycles. The Kier molecular flexibility index (Phi) is 6.27. The molecule has 19 heavy (non-hydrogen) atoms. The van der Waals surface area contributed by atoms with E-state index in [0.717, 1.165) is 13.0 Å². The zero-order chi connectivity index (χ0) is 14.3.